The molecule has 6 nitrogen and oxygen atoms in total. The zero-order chi connectivity index (χ0) is 18.9. The number of nitrogens with one attached hydrogen (secondary N) is 1. The normalized spacial score (nSPS) is 15.0. The molecule has 0 saturated carbocycles. The van der Waals surface area contributed by atoms with Crippen LogP contribution in [0.1, 0.15) is 42.9 Å². The Morgan fingerprint density at radius 2 is 1.74 bits per heavy atom. The first-order valence-corrected chi connectivity index (χ1v) is 9.37. The lowest BCUT2D eigenvalue weighted by Crippen LogP contribution is -2.39. The van der Waals surface area contributed by atoms with Crippen molar-refractivity contribution in [2.75, 3.05) is 13.1 Å². The molecule has 1 unspecified atom stereocenters. The summed E-state index contributed by atoms with van der Waals surface area (Å²) in [6.45, 7) is 1.77. The number of likely N-dealkylation sites (tertiary alicyclic amines) is 1. The molecule has 0 aliphatic carbocycles. The average Bonchev–Trinajstić information content (AvgIpc) is 2.74. The molecule has 1 aliphatic rings. The Hall–Kier alpha value is -2.89. The fourth-order valence-electron chi connectivity index (χ4n) is 3.20. The van der Waals surface area contributed by atoms with Crippen LogP contribution in [-0.2, 0) is 16.1 Å². The van der Waals surface area contributed by atoms with E-state index in [4.69, 9.17) is 4.74 Å². The highest BCUT2D eigenvalue weighted by Gasteiger charge is 2.23. The topological polar surface area (TPSA) is 71.5 Å². The van der Waals surface area contributed by atoms with E-state index in [1.807, 2.05) is 47.4 Å². The zero-order valence-corrected chi connectivity index (χ0v) is 15.3. The van der Waals surface area contributed by atoms with Crippen molar-refractivity contribution >= 4 is 12.0 Å². The number of benzene rings is 1. The number of ether oxygens (including phenoxy) is 1. The van der Waals surface area contributed by atoms with E-state index in [-0.39, 0.29) is 18.9 Å². The molecule has 1 fully saturated rings. The van der Waals surface area contributed by atoms with Crippen molar-refractivity contribution in [1.29, 1.82) is 0 Å². The van der Waals surface area contributed by atoms with Gasteiger partial charge in [0, 0.05) is 25.5 Å². The van der Waals surface area contributed by atoms with Crippen molar-refractivity contribution in [3.8, 4) is 0 Å². The third-order valence-corrected chi connectivity index (χ3v) is 4.70. The summed E-state index contributed by atoms with van der Waals surface area (Å²) in [7, 11) is 0. The molecule has 1 atom stereocenters. The van der Waals surface area contributed by atoms with Gasteiger partial charge in [0.15, 0.2) is 0 Å². The summed E-state index contributed by atoms with van der Waals surface area (Å²) in [6.07, 6.45) is 6.24. The Bertz CT molecular complexity index is 731. The fourth-order valence-corrected chi connectivity index (χ4v) is 3.20. The number of carbonyl (C=O) groups excluding carboxylic acids is 2. The molecule has 2 amide bonds. The number of piperidine rings is 1. The molecule has 3 rings (SSSR count). The molecule has 1 saturated heterocycles. The molecule has 27 heavy (non-hydrogen) atoms. The number of alkyl carbamates (subject to hydrolysis) is 1. The number of amides is 2. The third-order valence-electron chi connectivity index (χ3n) is 4.70. The van der Waals surface area contributed by atoms with Crippen molar-refractivity contribution < 1.29 is 14.3 Å². The zero-order valence-electron chi connectivity index (χ0n) is 15.3. The molecule has 0 bridgehead atoms. The van der Waals surface area contributed by atoms with E-state index in [2.05, 4.69) is 10.3 Å². The van der Waals surface area contributed by atoms with E-state index in [0.717, 1.165) is 37.1 Å². The van der Waals surface area contributed by atoms with Gasteiger partial charge in [-0.05, 0) is 42.5 Å². The van der Waals surface area contributed by atoms with Gasteiger partial charge in [0.05, 0.1) is 12.5 Å². The minimum absolute atomic E-state index is 0.0554. The number of pyridine rings is 1. The van der Waals surface area contributed by atoms with Gasteiger partial charge < -0.3 is 15.0 Å². The minimum Gasteiger partial charge on any atom is -0.445 e. The van der Waals surface area contributed by atoms with E-state index in [0.29, 0.717) is 0 Å². The predicted molar refractivity (Wildman–Crippen MR) is 102 cm³/mol. The van der Waals surface area contributed by atoms with Crippen LogP contribution in [0, 0.1) is 0 Å². The van der Waals surface area contributed by atoms with Crippen LogP contribution in [0.25, 0.3) is 0 Å². The lowest BCUT2D eigenvalue weighted by Gasteiger charge is -2.28. The van der Waals surface area contributed by atoms with Gasteiger partial charge in [-0.15, -0.1) is 0 Å². The van der Waals surface area contributed by atoms with Crippen LogP contribution in [0.15, 0.2) is 54.9 Å². The molecular formula is C21H25N3O3. The monoisotopic (exact) mass is 367 g/mol. The lowest BCUT2D eigenvalue weighted by molar-refractivity contribution is -0.132. The molecule has 0 radical (unpaired) electrons. The Kier molecular flexibility index (Phi) is 6.79. The first-order valence-electron chi connectivity index (χ1n) is 9.37. The van der Waals surface area contributed by atoms with Gasteiger partial charge in [-0.25, -0.2) is 4.79 Å². The summed E-state index contributed by atoms with van der Waals surface area (Å²) >= 11 is 0. The molecule has 1 aliphatic heterocycles. The van der Waals surface area contributed by atoms with E-state index in [1.54, 1.807) is 12.4 Å². The first kappa shape index (κ1) is 18.9. The van der Waals surface area contributed by atoms with Crippen molar-refractivity contribution in [1.82, 2.24) is 15.2 Å². The Labute approximate surface area is 159 Å². The highest BCUT2D eigenvalue weighted by molar-refractivity contribution is 5.78. The predicted octanol–water partition coefficient (Wildman–Crippen LogP) is 3.45. The fraction of sp³-hybridized carbons (Fsp3) is 0.381. The van der Waals surface area contributed by atoms with Gasteiger partial charge in [-0.3, -0.25) is 9.78 Å². The maximum absolute atomic E-state index is 12.7. The van der Waals surface area contributed by atoms with Crippen LogP contribution in [0.5, 0.6) is 0 Å². The molecule has 1 aromatic heterocycles. The number of nitrogens with zero attached hydrogens (tertiary/aromatic N) is 2. The van der Waals surface area contributed by atoms with E-state index < -0.39 is 12.1 Å². The number of hydrogen-bond acceptors (Lipinski definition) is 4. The molecule has 2 aromatic rings. The SMILES string of the molecule is O=C(NC(CC(=O)N1CCCCC1)c1ccncc1)OCc1ccccc1. The summed E-state index contributed by atoms with van der Waals surface area (Å²) in [6, 6.07) is 12.7. The van der Waals surface area contributed by atoms with E-state index in [1.165, 1.54) is 6.42 Å². The highest BCUT2D eigenvalue weighted by atomic mass is 16.5. The Morgan fingerprint density at radius 1 is 1.04 bits per heavy atom. The first-order chi connectivity index (χ1) is 13.2. The van der Waals surface area contributed by atoms with Crippen molar-refractivity contribution in [2.24, 2.45) is 0 Å². The molecule has 1 N–H and O–H groups in total. The summed E-state index contributed by atoms with van der Waals surface area (Å²) < 4.78 is 5.32. The van der Waals surface area contributed by atoms with Crippen molar-refractivity contribution in [3.63, 3.8) is 0 Å². The second-order valence-corrected chi connectivity index (χ2v) is 6.68. The smallest absolute Gasteiger partial charge is 0.407 e. The van der Waals surface area contributed by atoms with Gasteiger partial charge >= 0.3 is 6.09 Å². The number of aromatic nitrogens is 1. The van der Waals surface area contributed by atoms with E-state index in [9.17, 15) is 9.59 Å². The summed E-state index contributed by atoms with van der Waals surface area (Å²) in [5.41, 5.74) is 1.75. The summed E-state index contributed by atoms with van der Waals surface area (Å²) in [5, 5.41) is 2.84. The second kappa shape index (κ2) is 9.71. The molecule has 1 aromatic carbocycles. The Balaban J connectivity index is 1.61. The van der Waals surface area contributed by atoms with Crippen LogP contribution >= 0.6 is 0 Å². The van der Waals surface area contributed by atoms with Gasteiger partial charge in [0.25, 0.3) is 0 Å². The molecule has 6 heteroatoms. The van der Waals surface area contributed by atoms with Crippen LogP contribution in [0.2, 0.25) is 0 Å². The number of carbonyl (C=O) groups is 2. The number of rotatable bonds is 6. The third kappa shape index (κ3) is 5.81. The molecule has 2 heterocycles. The van der Waals surface area contributed by atoms with Crippen molar-refractivity contribution in [2.45, 2.75) is 38.3 Å². The van der Waals surface area contributed by atoms with Gasteiger partial charge in [-0.1, -0.05) is 30.3 Å². The van der Waals surface area contributed by atoms with E-state index >= 15 is 0 Å². The number of hydrogen-bond donors (Lipinski definition) is 1. The highest BCUT2D eigenvalue weighted by Crippen LogP contribution is 2.19. The van der Waals surface area contributed by atoms with Crippen molar-refractivity contribution in [3.05, 3.63) is 66.0 Å². The van der Waals surface area contributed by atoms with Crippen LogP contribution in [0.4, 0.5) is 4.79 Å². The quantitative estimate of drug-likeness (QED) is 0.849. The van der Waals surface area contributed by atoms with Crippen LogP contribution in [0.3, 0.4) is 0 Å². The molecule has 142 valence electrons. The summed E-state index contributed by atoms with van der Waals surface area (Å²) in [5.74, 6) is 0.0554. The average molecular weight is 367 g/mol. The lowest BCUT2D eigenvalue weighted by atomic mass is 10.0. The standard InChI is InChI=1S/C21H25N3O3/c25-20(24-13-5-2-6-14-24)15-19(18-9-11-22-12-10-18)23-21(26)27-16-17-7-3-1-4-8-17/h1,3-4,7-12,19H,2,5-6,13-16H2,(H,23,26). The van der Waals surface area contributed by atoms with Gasteiger partial charge in [0.1, 0.15) is 6.61 Å². The van der Waals surface area contributed by atoms with Crippen LogP contribution < -0.4 is 5.32 Å². The minimum atomic E-state index is -0.535. The van der Waals surface area contributed by atoms with Gasteiger partial charge in [-0.2, -0.15) is 0 Å². The second-order valence-electron chi connectivity index (χ2n) is 6.68. The maximum Gasteiger partial charge on any atom is 0.407 e. The molecular weight excluding hydrogens is 342 g/mol. The van der Waals surface area contributed by atoms with Crippen LogP contribution in [-0.4, -0.2) is 35.0 Å². The maximum atomic E-state index is 12.7. The Morgan fingerprint density at radius 3 is 2.44 bits per heavy atom. The largest absolute Gasteiger partial charge is 0.445 e. The van der Waals surface area contributed by atoms with Gasteiger partial charge in [0.2, 0.25) is 5.91 Å². The summed E-state index contributed by atoms with van der Waals surface area (Å²) in [4.78, 5) is 30.8. The molecule has 0 spiro atoms.